The summed E-state index contributed by atoms with van der Waals surface area (Å²) in [5, 5.41) is 2.99. The van der Waals surface area contributed by atoms with Gasteiger partial charge >= 0.3 is 0 Å². The summed E-state index contributed by atoms with van der Waals surface area (Å²) >= 11 is 0. The summed E-state index contributed by atoms with van der Waals surface area (Å²) in [4.78, 5) is 4.29. The quantitative estimate of drug-likeness (QED) is 0.422. The highest BCUT2D eigenvalue weighted by Crippen LogP contribution is 2.09. The van der Waals surface area contributed by atoms with Crippen LogP contribution in [0.4, 0.5) is 0 Å². The lowest BCUT2D eigenvalue weighted by Gasteiger charge is -2.06. The van der Waals surface area contributed by atoms with E-state index >= 15 is 0 Å². The third-order valence-corrected chi connectivity index (χ3v) is 3.45. The van der Waals surface area contributed by atoms with Crippen molar-refractivity contribution < 1.29 is 9.47 Å². The number of rotatable bonds is 9. The van der Waals surface area contributed by atoms with E-state index in [2.05, 4.69) is 34.6 Å². The Morgan fingerprint density at radius 3 is 2.25 bits per heavy atom. The lowest BCUT2D eigenvalue weighted by atomic mass is 10.1. The van der Waals surface area contributed by atoms with Crippen LogP contribution < -0.4 is 11.1 Å². The van der Waals surface area contributed by atoms with Crippen molar-refractivity contribution in [2.75, 3.05) is 20.3 Å². The number of nitrogens with two attached hydrogens (primary N) is 1. The molecule has 0 spiro atoms. The van der Waals surface area contributed by atoms with Crippen LogP contribution in [0.15, 0.2) is 59.6 Å². The average molecular weight is 327 g/mol. The maximum Gasteiger partial charge on any atom is 0.188 e. The zero-order chi connectivity index (χ0) is 17.0. The molecule has 0 aliphatic rings. The number of ether oxygens (including phenoxy) is 2. The molecule has 0 saturated carbocycles. The first kappa shape index (κ1) is 18.0. The van der Waals surface area contributed by atoms with Crippen LogP contribution in [0.5, 0.6) is 0 Å². The normalized spacial score (nSPS) is 11.5. The topological polar surface area (TPSA) is 68.9 Å². The van der Waals surface area contributed by atoms with Crippen molar-refractivity contribution in [1.29, 1.82) is 0 Å². The summed E-state index contributed by atoms with van der Waals surface area (Å²) < 4.78 is 10.7. The first-order valence-electron chi connectivity index (χ1n) is 8.00. The van der Waals surface area contributed by atoms with Crippen molar-refractivity contribution in [2.45, 2.75) is 19.8 Å². The zero-order valence-corrected chi connectivity index (χ0v) is 14.1. The average Bonchev–Trinajstić information content (AvgIpc) is 2.62. The Balaban J connectivity index is 1.73. The number of nitrogens with zero attached hydrogens (tertiary/aromatic N) is 1. The summed E-state index contributed by atoms with van der Waals surface area (Å²) in [5.41, 5.74) is 9.21. The zero-order valence-electron chi connectivity index (χ0n) is 14.1. The van der Waals surface area contributed by atoms with Crippen LogP contribution in [-0.2, 0) is 29.2 Å². The Hall–Kier alpha value is -2.37. The number of hydrogen-bond acceptors (Lipinski definition) is 3. The number of hydrogen-bond donors (Lipinski definition) is 2. The number of methoxy groups -OCH3 is 1. The minimum absolute atomic E-state index is 0.433. The highest BCUT2D eigenvalue weighted by Gasteiger charge is 1.97. The van der Waals surface area contributed by atoms with Gasteiger partial charge in [0, 0.05) is 13.7 Å². The second-order valence-electron chi connectivity index (χ2n) is 5.42. The summed E-state index contributed by atoms with van der Waals surface area (Å²) in [6, 6.07) is 18.4. The van der Waals surface area contributed by atoms with E-state index in [0.717, 1.165) is 11.1 Å². The van der Waals surface area contributed by atoms with Gasteiger partial charge in [-0.3, -0.25) is 0 Å². The van der Waals surface area contributed by atoms with E-state index in [1.54, 1.807) is 7.11 Å². The summed E-state index contributed by atoms with van der Waals surface area (Å²) in [6.07, 6.45) is 0. The van der Waals surface area contributed by atoms with Crippen LogP contribution in [0, 0.1) is 0 Å². The second kappa shape index (κ2) is 10.4. The molecule has 24 heavy (non-hydrogen) atoms. The van der Waals surface area contributed by atoms with Crippen molar-refractivity contribution in [3.63, 3.8) is 0 Å². The third-order valence-electron chi connectivity index (χ3n) is 3.45. The fourth-order valence-corrected chi connectivity index (χ4v) is 2.12. The molecule has 0 atom stereocenters. The molecule has 0 unspecified atom stereocenters. The third kappa shape index (κ3) is 6.81. The molecule has 0 fully saturated rings. The fourth-order valence-electron chi connectivity index (χ4n) is 2.12. The molecule has 2 aromatic carbocycles. The number of benzene rings is 2. The lowest BCUT2D eigenvalue weighted by molar-refractivity contribution is 0.107. The van der Waals surface area contributed by atoms with Crippen LogP contribution >= 0.6 is 0 Å². The number of guanidine groups is 1. The highest BCUT2D eigenvalue weighted by molar-refractivity contribution is 5.77. The molecule has 2 aromatic rings. The van der Waals surface area contributed by atoms with Gasteiger partial charge in [0.05, 0.1) is 26.4 Å². The van der Waals surface area contributed by atoms with E-state index in [1.807, 2.05) is 30.3 Å². The Kier molecular flexibility index (Phi) is 7.80. The van der Waals surface area contributed by atoms with Gasteiger partial charge in [-0.25, -0.2) is 4.99 Å². The smallest absolute Gasteiger partial charge is 0.188 e. The van der Waals surface area contributed by atoms with Crippen LogP contribution in [-0.4, -0.2) is 26.2 Å². The van der Waals surface area contributed by atoms with Crippen LogP contribution in [0.1, 0.15) is 16.7 Å². The Bertz CT molecular complexity index is 612. The summed E-state index contributed by atoms with van der Waals surface area (Å²) in [6.45, 7) is 3.03. The van der Waals surface area contributed by atoms with Gasteiger partial charge in [-0.15, -0.1) is 0 Å². The Morgan fingerprint density at radius 1 is 0.958 bits per heavy atom. The second-order valence-corrected chi connectivity index (χ2v) is 5.42. The van der Waals surface area contributed by atoms with E-state index in [1.165, 1.54) is 5.56 Å². The lowest BCUT2D eigenvalue weighted by Crippen LogP contribution is -2.34. The molecule has 0 aliphatic heterocycles. The van der Waals surface area contributed by atoms with Gasteiger partial charge in [0.15, 0.2) is 5.96 Å². The molecule has 5 nitrogen and oxygen atoms in total. The van der Waals surface area contributed by atoms with Gasteiger partial charge in [0.25, 0.3) is 0 Å². The number of nitrogens with one attached hydrogen (secondary N) is 1. The summed E-state index contributed by atoms with van der Waals surface area (Å²) in [7, 11) is 1.65. The maximum atomic E-state index is 5.78. The predicted molar refractivity (Wildman–Crippen MR) is 96.6 cm³/mol. The van der Waals surface area contributed by atoms with E-state index in [0.29, 0.717) is 38.9 Å². The van der Waals surface area contributed by atoms with E-state index in [4.69, 9.17) is 15.2 Å². The first-order chi connectivity index (χ1) is 11.8. The molecule has 3 N–H and O–H groups in total. The Labute approximate surface area is 143 Å². The molecular weight excluding hydrogens is 302 g/mol. The van der Waals surface area contributed by atoms with Crippen LogP contribution in [0.3, 0.4) is 0 Å². The van der Waals surface area contributed by atoms with Crippen LogP contribution in [0.25, 0.3) is 0 Å². The SMILES string of the molecule is COCCNC(N)=NCc1ccc(COCc2ccccc2)cc1. The molecule has 0 heterocycles. The minimum Gasteiger partial charge on any atom is -0.383 e. The largest absolute Gasteiger partial charge is 0.383 e. The molecule has 128 valence electrons. The molecule has 0 amide bonds. The molecule has 0 saturated heterocycles. The Morgan fingerprint density at radius 2 is 1.58 bits per heavy atom. The molecule has 5 heteroatoms. The van der Waals surface area contributed by atoms with Crippen molar-refractivity contribution >= 4 is 5.96 Å². The fraction of sp³-hybridized carbons (Fsp3) is 0.316. The molecule has 2 rings (SSSR count). The molecule has 0 aromatic heterocycles. The van der Waals surface area contributed by atoms with Gasteiger partial charge in [0.2, 0.25) is 0 Å². The summed E-state index contributed by atoms with van der Waals surface area (Å²) in [5.74, 6) is 0.433. The molecular formula is C19H25N3O2. The van der Waals surface area contributed by atoms with E-state index in [9.17, 15) is 0 Å². The van der Waals surface area contributed by atoms with Gasteiger partial charge < -0.3 is 20.5 Å². The van der Waals surface area contributed by atoms with Gasteiger partial charge in [-0.2, -0.15) is 0 Å². The van der Waals surface area contributed by atoms with Crippen molar-refractivity contribution in [1.82, 2.24) is 5.32 Å². The molecule has 0 aliphatic carbocycles. The standard InChI is InChI=1S/C19H25N3O2/c1-23-12-11-21-19(20)22-13-16-7-9-18(10-8-16)15-24-14-17-5-3-2-4-6-17/h2-10H,11-15H2,1H3,(H3,20,21,22). The highest BCUT2D eigenvalue weighted by atomic mass is 16.5. The van der Waals surface area contributed by atoms with Crippen molar-refractivity contribution in [2.24, 2.45) is 10.7 Å². The monoisotopic (exact) mass is 327 g/mol. The van der Waals surface area contributed by atoms with Gasteiger partial charge in [-0.1, -0.05) is 54.6 Å². The molecule has 0 bridgehead atoms. The minimum atomic E-state index is 0.433. The van der Waals surface area contributed by atoms with Crippen LogP contribution in [0.2, 0.25) is 0 Å². The van der Waals surface area contributed by atoms with Gasteiger partial charge in [0.1, 0.15) is 0 Å². The van der Waals surface area contributed by atoms with Gasteiger partial charge in [-0.05, 0) is 16.7 Å². The predicted octanol–water partition coefficient (Wildman–Crippen LogP) is 2.45. The maximum absolute atomic E-state index is 5.78. The van der Waals surface area contributed by atoms with E-state index < -0.39 is 0 Å². The van der Waals surface area contributed by atoms with Crippen molar-refractivity contribution in [3.8, 4) is 0 Å². The van der Waals surface area contributed by atoms with Crippen molar-refractivity contribution in [3.05, 3.63) is 71.3 Å². The first-order valence-corrected chi connectivity index (χ1v) is 8.00. The number of aliphatic imine (C=N–C) groups is 1. The molecule has 0 radical (unpaired) electrons. The van der Waals surface area contributed by atoms with E-state index in [-0.39, 0.29) is 0 Å².